The number of ether oxygens (including phenoxy) is 1. The molecular weight excluding hydrogens is 518 g/mol. The van der Waals surface area contributed by atoms with E-state index in [1.165, 1.54) is 0 Å². The number of hydrogen-bond donors (Lipinski definition) is 3. The van der Waals surface area contributed by atoms with Gasteiger partial charge < -0.3 is 20.5 Å². The summed E-state index contributed by atoms with van der Waals surface area (Å²) in [5.41, 5.74) is 2.86. The molecule has 3 aromatic rings. The number of likely N-dealkylation sites (tertiary alicyclic amines) is 1. The third kappa shape index (κ3) is 5.20. The van der Waals surface area contributed by atoms with Gasteiger partial charge in [-0.2, -0.15) is 0 Å². The van der Waals surface area contributed by atoms with Gasteiger partial charge in [-0.3, -0.25) is 9.69 Å². The highest BCUT2D eigenvalue weighted by molar-refractivity contribution is 5.95. The van der Waals surface area contributed by atoms with Gasteiger partial charge in [-0.1, -0.05) is 78.9 Å². The van der Waals surface area contributed by atoms with Gasteiger partial charge in [-0.05, 0) is 59.9 Å². The lowest BCUT2D eigenvalue weighted by Gasteiger charge is -2.34. The molecule has 8 heteroatoms. The van der Waals surface area contributed by atoms with E-state index in [-0.39, 0.29) is 25.0 Å². The van der Waals surface area contributed by atoms with Crippen LogP contribution in [0.2, 0.25) is 0 Å². The van der Waals surface area contributed by atoms with Gasteiger partial charge in [-0.25, -0.2) is 9.59 Å². The second-order valence-corrected chi connectivity index (χ2v) is 11.7. The molecule has 2 unspecified atom stereocenters. The Balaban J connectivity index is 1.20. The molecular formula is C33H35N3O5. The summed E-state index contributed by atoms with van der Waals surface area (Å²) in [6, 6.07) is 26.2. The molecule has 41 heavy (non-hydrogen) atoms. The number of hydrogen-bond acceptors (Lipinski definition) is 5. The molecule has 2 atom stereocenters. The third-order valence-corrected chi connectivity index (χ3v) is 8.93. The predicted molar refractivity (Wildman–Crippen MR) is 154 cm³/mol. The first kappa shape index (κ1) is 27.0. The molecule has 6 rings (SSSR count). The van der Waals surface area contributed by atoms with Crippen LogP contribution in [-0.2, 0) is 20.9 Å². The fourth-order valence-electron chi connectivity index (χ4n) is 6.39. The van der Waals surface area contributed by atoms with Crippen LogP contribution in [-0.4, -0.2) is 58.8 Å². The fraction of sp³-hybridized carbons (Fsp3) is 0.364. The summed E-state index contributed by atoms with van der Waals surface area (Å²) in [7, 11) is 0. The molecule has 3 aliphatic rings. The highest BCUT2D eigenvalue weighted by Gasteiger charge is 2.53. The van der Waals surface area contributed by atoms with Gasteiger partial charge in [0.1, 0.15) is 17.7 Å². The number of rotatable bonds is 9. The van der Waals surface area contributed by atoms with Crippen molar-refractivity contribution in [1.29, 1.82) is 0 Å². The Bertz CT molecular complexity index is 1430. The van der Waals surface area contributed by atoms with Crippen molar-refractivity contribution in [3.8, 4) is 11.1 Å². The Hall–Kier alpha value is -4.17. The van der Waals surface area contributed by atoms with Crippen molar-refractivity contribution in [1.82, 2.24) is 15.5 Å². The number of amides is 2. The van der Waals surface area contributed by atoms with Crippen LogP contribution in [0, 0.1) is 5.92 Å². The zero-order valence-electron chi connectivity index (χ0n) is 23.1. The number of fused-ring (bicyclic) bond motifs is 3. The largest absolute Gasteiger partial charge is 0.480 e. The van der Waals surface area contributed by atoms with Gasteiger partial charge >= 0.3 is 12.1 Å². The molecule has 2 fully saturated rings. The molecule has 0 bridgehead atoms. The second kappa shape index (κ2) is 10.7. The van der Waals surface area contributed by atoms with Gasteiger partial charge in [-0.15, -0.1) is 0 Å². The SMILES string of the molecule is CC(NC(=O)C1(NC(=O)OCC2c3ccccc3-c3ccccc32)CCN(Cc2ccccc2)C1)(C(=O)O)C1CC1. The third-order valence-electron chi connectivity index (χ3n) is 8.93. The van der Waals surface area contributed by atoms with Crippen molar-refractivity contribution in [2.45, 2.75) is 49.7 Å². The molecule has 2 amide bonds. The van der Waals surface area contributed by atoms with Crippen molar-refractivity contribution in [3.63, 3.8) is 0 Å². The summed E-state index contributed by atoms with van der Waals surface area (Å²) in [6.07, 6.45) is 1.15. The molecule has 212 valence electrons. The quantitative estimate of drug-likeness (QED) is 0.359. The molecule has 0 radical (unpaired) electrons. The zero-order valence-corrected chi connectivity index (χ0v) is 23.1. The second-order valence-electron chi connectivity index (χ2n) is 11.7. The maximum Gasteiger partial charge on any atom is 0.408 e. The van der Waals surface area contributed by atoms with Gasteiger partial charge in [0.05, 0.1) is 0 Å². The molecule has 0 spiro atoms. The molecule has 1 aliphatic heterocycles. The normalized spacial score (nSPS) is 21.4. The summed E-state index contributed by atoms with van der Waals surface area (Å²) in [6.45, 7) is 3.11. The van der Waals surface area contributed by atoms with Crippen molar-refractivity contribution in [2.75, 3.05) is 19.7 Å². The van der Waals surface area contributed by atoms with Gasteiger partial charge in [0.15, 0.2) is 0 Å². The van der Waals surface area contributed by atoms with Crippen LogP contribution in [0.5, 0.6) is 0 Å². The smallest absolute Gasteiger partial charge is 0.408 e. The Morgan fingerprint density at radius 2 is 1.56 bits per heavy atom. The van der Waals surface area contributed by atoms with Crippen molar-refractivity contribution >= 4 is 18.0 Å². The Labute approximate surface area is 239 Å². The van der Waals surface area contributed by atoms with Crippen LogP contribution in [0.4, 0.5) is 4.79 Å². The number of nitrogens with zero attached hydrogens (tertiary/aromatic N) is 1. The molecule has 2 aliphatic carbocycles. The minimum Gasteiger partial charge on any atom is -0.480 e. The molecule has 1 saturated carbocycles. The summed E-state index contributed by atoms with van der Waals surface area (Å²) < 4.78 is 5.80. The minimum atomic E-state index is -1.39. The number of carbonyl (C=O) groups excluding carboxylic acids is 2. The lowest BCUT2D eigenvalue weighted by molar-refractivity contribution is -0.149. The molecule has 0 aromatic heterocycles. The summed E-state index contributed by atoms with van der Waals surface area (Å²) in [4.78, 5) is 41.5. The van der Waals surface area contributed by atoms with Crippen molar-refractivity contribution in [3.05, 3.63) is 95.6 Å². The number of benzene rings is 3. The van der Waals surface area contributed by atoms with Crippen LogP contribution < -0.4 is 10.6 Å². The number of alkyl carbamates (subject to hydrolysis) is 1. The number of aliphatic carboxylic acids is 1. The van der Waals surface area contributed by atoms with E-state index in [0.717, 1.165) is 40.7 Å². The number of nitrogens with one attached hydrogen (secondary N) is 2. The Kier molecular flexibility index (Phi) is 7.03. The van der Waals surface area contributed by atoms with Crippen molar-refractivity contribution in [2.24, 2.45) is 5.92 Å². The van der Waals surface area contributed by atoms with Crippen LogP contribution in [0.15, 0.2) is 78.9 Å². The highest BCUT2D eigenvalue weighted by atomic mass is 16.5. The molecule has 3 aromatic carbocycles. The zero-order chi connectivity index (χ0) is 28.6. The van der Waals surface area contributed by atoms with E-state index < -0.39 is 29.0 Å². The predicted octanol–water partition coefficient (Wildman–Crippen LogP) is 4.54. The van der Waals surface area contributed by atoms with E-state index in [1.807, 2.05) is 54.6 Å². The molecule has 8 nitrogen and oxygen atoms in total. The molecule has 3 N–H and O–H groups in total. The van der Waals surface area contributed by atoms with E-state index in [4.69, 9.17) is 4.74 Å². The van der Waals surface area contributed by atoms with Crippen LogP contribution in [0.3, 0.4) is 0 Å². The summed E-state index contributed by atoms with van der Waals surface area (Å²) in [5.74, 6) is -1.79. The topological polar surface area (TPSA) is 108 Å². The average molecular weight is 554 g/mol. The van der Waals surface area contributed by atoms with Crippen LogP contribution in [0.1, 0.15) is 48.8 Å². The number of carboxylic acid groups (broad SMARTS) is 1. The van der Waals surface area contributed by atoms with Gasteiger partial charge in [0.25, 0.3) is 0 Å². The van der Waals surface area contributed by atoms with Crippen LogP contribution >= 0.6 is 0 Å². The Morgan fingerprint density at radius 3 is 2.17 bits per heavy atom. The molecule has 1 heterocycles. The average Bonchev–Trinajstić information content (AvgIpc) is 3.69. The van der Waals surface area contributed by atoms with Crippen LogP contribution in [0.25, 0.3) is 11.1 Å². The van der Waals surface area contributed by atoms with Gasteiger partial charge in [0.2, 0.25) is 5.91 Å². The monoisotopic (exact) mass is 553 g/mol. The first-order valence-electron chi connectivity index (χ1n) is 14.2. The van der Waals surface area contributed by atoms with Gasteiger partial charge in [0, 0.05) is 25.6 Å². The number of carbonyl (C=O) groups is 3. The van der Waals surface area contributed by atoms with E-state index in [0.29, 0.717) is 19.5 Å². The first-order chi connectivity index (χ1) is 19.8. The minimum absolute atomic E-state index is 0.110. The summed E-state index contributed by atoms with van der Waals surface area (Å²) >= 11 is 0. The standard InChI is InChI=1S/C33H35N3O5/c1-32(30(38)39,23-15-16-23)34-29(37)33(17-18-36(21-33)19-22-9-3-2-4-10-22)35-31(40)41-20-28-26-13-7-5-11-24(26)25-12-6-8-14-27(25)28/h2-14,23,28H,15-21H2,1H3,(H,34,37)(H,35,40)(H,38,39). The highest BCUT2D eigenvalue weighted by Crippen LogP contribution is 2.44. The number of carboxylic acids is 1. The maximum atomic E-state index is 13.9. The van der Waals surface area contributed by atoms with E-state index in [2.05, 4.69) is 39.8 Å². The van der Waals surface area contributed by atoms with E-state index in [9.17, 15) is 19.5 Å². The maximum absolute atomic E-state index is 13.9. The lowest BCUT2D eigenvalue weighted by atomic mass is 9.91. The van der Waals surface area contributed by atoms with E-state index >= 15 is 0 Å². The summed E-state index contributed by atoms with van der Waals surface area (Å²) in [5, 5.41) is 15.7. The lowest BCUT2D eigenvalue weighted by Crippen LogP contribution is -2.66. The van der Waals surface area contributed by atoms with Crippen molar-refractivity contribution < 1.29 is 24.2 Å². The van der Waals surface area contributed by atoms with E-state index in [1.54, 1.807) is 6.92 Å². The first-order valence-corrected chi connectivity index (χ1v) is 14.2. The Morgan fingerprint density at radius 1 is 0.951 bits per heavy atom. The molecule has 1 saturated heterocycles. The fourth-order valence-corrected chi connectivity index (χ4v) is 6.39.